The van der Waals surface area contributed by atoms with Crippen LogP contribution in [0, 0.1) is 23.7 Å². The number of aliphatic carboxylic acids is 3. The summed E-state index contributed by atoms with van der Waals surface area (Å²) in [5, 5.41) is 43.5. The first-order valence-corrected chi connectivity index (χ1v) is 20.1. The third-order valence-electron chi connectivity index (χ3n) is 8.79. The molecule has 6 atom stereocenters. The van der Waals surface area contributed by atoms with Crippen LogP contribution < -0.4 is 37.6 Å². The average Bonchev–Trinajstić information content (AvgIpc) is 3.09. The molecule has 0 radical (unpaired) electrons. The Hall–Kier alpha value is -4.81. The summed E-state index contributed by atoms with van der Waals surface area (Å²) in [5.41, 5.74) is 5.67. The molecule has 0 aliphatic carbocycles. The summed E-state index contributed by atoms with van der Waals surface area (Å²) in [4.78, 5) is 115. The van der Waals surface area contributed by atoms with Gasteiger partial charge in [-0.2, -0.15) is 0 Å². The lowest BCUT2D eigenvalue weighted by Crippen LogP contribution is -2.59. The summed E-state index contributed by atoms with van der Waals surface area (Å²) < 4.78 is 0. The second-order valence-electron chi connectivity index (χ2n) is 16.4. The van der Waals surface area contributed by atoms with Gasteiger partial charge in [0.1, 0.15) is 36.3 Å². The third kappa shape index (κ3) is 23.4. The van der Waals surface area contributed by atoms with Crippen LogP contribution in [0.1, 0.15) is 126 Å². The Morgan fingerprint density at radius 1 is 0.414 bits per heavy atom. The molecule has 0 heterocycles. The molecule has 0 aliphatic rings. The van der Waals surface area contributed by atoms with E-state index in [1.54, 1.807) is 41.5 Å². The second kappa shape index (κ2) is 27.8. The first kappa shape index (κ1) is 53.2. The van der Waals surface area contributed by atoms with Crippen molar-refractivity contribution in [1.82, 2.24) is 31.9 Å². The molecule has 11 N–H and O–H groups in total. The Morgan fingerprint density at radius 3 is 1.10 bits per heavy atom. The van der Waals surface area contributed by atoms with E-state index in [4.69, 9.17) is 10.8 Å². The lowest BCUT2D eigenvalue weighted by molar-refractivity contribution is -0.143. The SMILES string of the molecule is CC(C)CC(NC(=O)C(CC(C)C)NC(=O)C(CCCCN)NC(=O)C(CCC(=O)O)NC(=O)C(CC(C)C)NC(=O)C(CC(C)C)NC(=O)CCC(=O)O)C(=O)O. The van der Waals surface area contributed by atoms with Crippen LogP contribution in [0.5, 0.6) is 0 Å². The van der Waals surface area contributed by atoms with Gasteiger partial charge in [-0.05, 0) is 81.6 Å². The molecule has 0 bridgehead atoms. The quantitative estimate of drug-likeness (QED) is 0.0453. The third-order valence-corrected chi connectivity index (χ3v) is 8.79. The predicted molar refractivity (Wildman–Crippen MR) is 214 cm³/mol. The van der Waals surface area contributed by atoms with Gasteiger partial charge in [0.2, 0.25) is 35.4 Å². The molecule has 0 aromatic carbocycles. The van der Waals surface area contributed by atoms with Crippen molar-refractivity contribution in [3.63, 3.8) is 0 Å². The van der Waals surface area contributed by atoms with E-state index in [1.165, 1.54) is 0 Å². The van der Waals surface area contributed by atoms with E-state index < -0.39 is 109 Å². The van der Waals surface area contributed by atoms with Crippen LogP contribution >= 0.6 is 0 Å². The number of unbranched alkanes of at least 4 members (excludes halogenated alkanes) is 1. The highest BCUT2D eigenvalue weighted by Crippen LogP contribution is 2.13. The van der Waals surface area contributed by atoms with E-state index in [0.717, 1.165) is 0 Å². The number of carbonyl (C=O) groups is 9. The standard InChI is InChI=1S/C39H69N7O12/c1-21(2)17-27(41-31(47)13-15-33(50)51)36(54)45-28(18-22(3)4)37(55)43-26(12-14-32(48)49)35(53)42-25(11-9-10-16-40)34(52)44-29(19-23(5)6)38(56)46-30(39(57)58)20-24(7)8/h21-30H,9-20,40H2,1-8H3,(H,41,47)(H,42,53)(H,43,55)(H,44,52)(H,45,54)(H,46,56)(H,48,49)(H,50,51)(H,57,58). The molecule has 6 amide bonds. The summed E-state index contributed by atoms with van der Waals surface area (Å²) in [6.45, 7) is 14.7. The molecule has 19 nitrogen and oxygen atoms in total. The van der Waals surface area contributed by atoms with Gasteiger partial charge in [-0.15, -0.1) is 0 Å². The number of carbonyl (C=O) groups excluding carboxylic acids is 6. The molecule has 0 rings (SSSR count). The van der Waals surface area contributed by atoms with Crippen LogP contribution in [-0.2, 0) is 43.2 Å². The maximum Gasteiger partial charge on any atom is 0.326 e. The molecule has 0 spiro atoms. The Kier molecular flexibility index (Phi) is 25.5. The Balaban J connectivity index is 6.45. The van der Waals surface area contributed by atoms with Crippen molar-refractivity contribution in [2.24, 2.45) is 29.4 Å². The summed E-state index contributed by atoms with van der Waals surface area (Å²) >= 11 is 0. The fraction of sp³-hybridized carbons (Fsp3) is 0.769. The van der Waals surface area contributed by atoms with Crippen molar-refractivity contribution in [2.45, 2.75) is 162 Å². The number of amides is 6. The molecule has 0 saturated heterocycles. The molecule has 0 fully saturated rings. The van der Waals surface area contributed by atoms with Gasteiger partial charge < -0.3 is 53.0 Å². The lowest BCUT2D eigenvalue weighted by atomic mass is 9.99. The molecular weight excluding hydrogens is 758 g/mol. The number of hydrogen-bond acceptors (Lipinski definition) is 10. The normalized spacial score (nSPS) is 14.4. The monoisotopic (exact) mass is 828 g/mol. The van der Waals surface area contributed by atoms with E-state index >= 15 is 0 Å². The largest absolute Gasteiger partial charge is 0.481 e. The fourth-order valence-electron chi connectivity index (χ4n) is 5.95. The smallest absolute Gasteiger partial charge is 0.326 e. The Bertz CT molecular complexity index is 1390. The van der Waals surface area contributed by atoms with Crippen molar-refractivity contribution in [2.75, 3.05) is 6.54 Å². The summed E-state index contributed by atoms with van der Waals surface area (Å²) in [7, 11) is 0. The number of carboxylic acid groups (broad SMARTS) is 3. The van der Waals surface area contributed by atoms with Crippen molar-refractivity contribution in [1.29, 1.82) is 0 Å². The second-order valence-corrected chi connectivity index (χ2v) is 16.4. The minimum Gasteiger partial charge on any atom is -0.481 e. The lowest BCUT2D eigenvalue weighted by Gasteiger charge is -2.28. The van der Waals surface area contributed by atoms with E-state index in [1.807, 2.05) is 13.8 Å². The van der Waals surface area contributed by atoms with Crippen LogP contribution in [0.3, 0.4) is 0 Å². The van der Waals surface area contributed by atoms with Gasteiger partial charge in [-0.25, -0.2) is 4.79 Å². The zero-order chi connectivity index (χ0) is 44.7. The van der Waals surface area contributed by atoms with Crippen molar-refractivity contribution >= 4 is 53.4 Å². The van der Waals surface area contributed by atoms with Gasteiger partial charge in [-0.1, -0.05) is 55.4 Å². The number of carboxylic acids is 3. The summed E-state index contributed by atoms with van der Waals surface area (Å²) in [5.74, 6) is -8.74. The summed E-state index contributed by atoms with van der Waals surface area (Å²) in [6.07, 6.45) is -0.351. The highest BCUT2D eigenvalue weighted by molar-refractivity contribution is 5.97. The van der Waals surface area contributed by atoms with Gasteiger partial charge in [-0.3, -0.25) is 38.4 Å². The highest BCUT2D eigenvalue weighted by Gasteiger charge is 2.34. The number of hydrogen-bond donors (Lipinski definition) is 10. The van der Waals surface area contributed by atoms with Gasteiger partial charge in [0.25, 0.3) is 0 Å². The zero-order valence-electron chi connectivity index (χ0n) is 35.4. The van der Waals surface area contributed by atoms with E-state index in [0.29, 0.717) is 12.8 Å². The Labute approximate surface area is 341 Å². The van der Waals surface area contributed by atoms with Gasteiger partial charge in [0, 0.05) is 12.8 Å². The van der Waals surface area contributed by atoms with Crippen LogP contribution in [-0.4, -0.2) is 111 Å². The molecule has 0 aromatic heterocycles. The minimum absolute atomic E-state index is 0.0525. The maximum absolute atomic E-state index is 13.8. The van der Waals surface area contributed by atoms with Crippen LogP contribution in [0.2, 0.25) is 0 Å². The van der Waals surface area contributed by atoms with Crippen molar-refractivity contribution < 1.29 is 58.5 Å². The first-order chi connectivity index (χ1) is 27.0. The average molecular weight is 828 g/mol. The highest BCUT2D eigenvalue weighted by atomic mass is 16.4. The number of nitrogens with one attached hydrogen (secondary N) is 6. The van der Waals surface area contributed by atoms with Gasteiger partial charge >= 0.3 is 17.9 Å². The number of nitrogens with two attached hydrogens (primary N) is 1. The molecule has 0 saturated carbocycles. The van der Waals surface area contributed by atoms with E-state index in [2.05, 4.69) is 31.9 Å². The predicted octanol–water partition coefficient (Wildman–Crippen LogP) is 1.02. The topological polar surface area (TPSA) is 313 Å². The number of rotatable bonds is 30. The zero-order valence-corrected chi connectivity index (χ0v) is 35.4. The molecule has 0 aromatic rings. The Morgan fingerprint density at radius 2 is 0.741 bits per heavy atom. The summed E-state index contributed by atoms with van der Waals surface area (Å²) in [6, 6.07) is -7.50. The maximum atomic E-state index is 13.8. The van der Waals surface area contributed by atoms with Gasteiger partial charge in [0.05, 0.1) is 6.42 Å². The minimum atomic E-state index is -1.50. The molecule has 6 unspecified atom stereocenters. The van der Waals surface area contributed by atoms with E-state index in [9.17, 15) is 53.4 Å². The molecule has 332 valence electrons. The van der Waals surface area contributed by atoms with E-state index in [-0.39, 0.29) is 68.7 Å². The van der Waals surface area contributed by atoms with Crippen LogP contribution in [0.4, 0.5) is 0 Å². The molecular formula is C39H69N7O12. The van der Waals surface area contributed by atoms with Crippen LogP contribution in [0.15, 0.2) is 0 Å². The molecule has 0 aliphatic heterocycles. The first-order valence-electron chi connectivity index (χ1n) is 20.1. The van der Waals surface area contributed by atoms with Crippen molar-refractivity contribution in [3.05, 3.63) is 0 Å². The fourth-order valence-corrected chi connectivity index (χ4v) is 5.95. The molecule has 58 heavy (non-hydrogen) atoms. The van der Waals surface area contributed by atoms with Crippen LogP contribution in [0.25, 0.3) is 0 Å². The molecule has 19 heteroatoms. The van der Waals surface area contributed by atoms with Crippen molar-refractivity contribution in [3.8, 4) is 0 Å². The van der Waals surface area contributed by atoms with Gasteiger partial charge in [0.15, 0.2) is 0 Å².